The molecule has 0 atom stereocenters. The SMILES string of the molecule is CC(C)(C)c1cc(-c2cccc3c2nc(-c2cc(C(C)(C)C)cc(C(C)(C)C)c2O)n3-c2ccc(C(C)(C)C)cc2-c2ccccc2)cc(-c2nc3nccnc3n2-c2ccc(C(C)(C)C)cc2-c2ccccc2)c1. The van der Waals surface area contributed by atoms with E-state index in [2.05, 4.69) is 259 Å². The molecule has 0 amide bonds. The topological polar surface area (TPSA) is 81.7 Å². The van der Waals surface area contributed by atoms with Gasteiger partial charge in [0.05, 0.1) is 28.0 Å². The van der Waals surface area contributed by atoms with E-state index in [1.165, 1.54) is 11.1 Å². The number of aromatic hydroxyl groups is 1. The number of hydrogen-bond acceptors (Lipinski definition) is 5. The zero-order valence-electron chi connectivity index (χ0n) is 46.6. The van der Waals surface area contributed by atoms with Gasteiger partial charge >= 0.3 is 0 Å². The van der Waals surface area contributed by atoms with Gasteiger partial charge in [-0.15, -0.1) is 0 Å². The minimum absolute atomic E-state index is 0.0759. The van der Waals surface area contributed by atoms with Gasteiger partial charge in [-0.2, -0.15) is 0 Å². The minimum Gasteiger partial charge on any atom is -0.507 e. The number of phenolic OH excluding ortho intramolecular Hbond substituents is 1. The molecule has 0 unspecified atom stereocenters. The van der Waals surface area contributed by atoms with E-state index in [0.29, 0.717) is 22.7 Å². The summed E-state index contributed by atoms with van der Waals surface area (Å²) >= 11 is 0. The third-order valence-corrected chi connectivity index (χ3v) is 14.8. The maximum Gasteiger partial charge on any atom is 0.198 e. The molecular weight excluding hydrogens is 917 g/mol. The summed E-state index contributed by atoms with van der Waals surface area (Å²) in [6, 6.07) is 52.6. The number of nitrogens with zero attached hydrogens (tertiary/aromatic N) is 6. The van der Waals surface area contributed by atoms with Crippen LogP contribution in [0.2, 0.25) is 0 Å². The molecule has 0 aliphatic rings. The van der Waals surface area contributed by atoms with Gasteiger partial charge in [0.25, 0.3) is 0 Å². The lowest BCUT2D eigenvalue weighted by Crippen LogP contribution is -2.17. The molecule has 75 heavy (non-hydrogen) atoms. The Kier molecular flexibility index (Phi) is 12.4. The van der Waals surface area contributed by atoms with Crippen LogP contribution in [-0.4, -0.2) is 34.2 Å². The van der Waals surface area contributed by atoms with E-state index < -0.39 is 0 Å². The van der Waals surface area contributed by atoms with Crippen molar-refractivity contribution in [3.8, 4) is 73.3 Å². The monoisotopic (exact) mass is 989 g/mol. The highest BCUT2D eigenvalue weighted by atomic mass is 16.3. The lowest BCUT2D eigenvalue weighted by atomic mass is 9.79. The van der Waals surface area contributed by atoms with Crippen molar-refractivity contribution in [2.45, 2.75) is 131 Å². The fraction of sp³-hybridized carbons (Fsp3) is 0.294. The van der Waals surface area contributed by atoms with Crippen LogP contribution in [0, 0.1) is 0 Å². The van der Waals surface area contributed by atoms with Gasteiger partial charge in [0.1, 0.15) is 17.4 Å². The first-order valence-electron chi connectivity index (χ1n) is 26.4. The van der Waals surface area contributed by atoms with Crippen molar-refractivity contribution in [2.75, 3.05) is 0 Å². The van der Waals surface area contributed by atoms with Crippen molar-refractivity contribution in [3.05, 3.63) is 186 Å². The van der Waals surface area contributed by atoms with Crippen molar-refractivity contribution in [1.29, 1.82) is 0 Å². The molecule has 3 aromatic heterocycles. The molecule has 7 aromatic carbocycles. The van der Waals surface area contributed by atoms with E-state index in [9.17, 15) is 5.11 Å². The van der Waals surface area contributed by atoms with Gasteiger partial charge in [-0.3, -0.25) is 9.13 Å². The van der Waals surface area contributed by atoms with E-state index in [4.69, 9.17) is 19.9 Å². The molecule has 0 saturated heterocycles. The fourth-order valence-electron chi connectivity index (χ4n) is 10.2. The van der Waals surface area contributed by atoms with Crippen molar-refractivity contribution in [1.82, 2.24) is 29.1 Å². The largest absolute Gasteiger partial charge is 0.507 e. The Bertz CT molecular complexity index is 3790. The summed E-state index contributed by atoms with van der Waals surface area (Å²) in [5.41, 5.74) is 17.5. The predicted molar refractivity (Wildman–Crippen MR) is 314 cm³/mol. The van der Waals surface area contributed by atoms with E-state index in [1.54, 1.807) is 12.4 Å². The molecule has 380 valence electrons. The van der Waals surface area contributed by atoms with Crippen molar-refractivity contribution >= 4 is 22.3 Å². The second-order valence-electron chi connectivity index (χ2n) is 25.6. The maximum absolute atomic E-state index is 12.7. The quantitative estimate of drug-likeness (QED) is 0.172. The summed E-state index contributed by atoms with van der Waals surface area (Å²) in [5.74, 6) is 1.66. The van der Waals surface area contributed by atoms with Gasteiger partial charge < -0.3 is 5.11 Å². The Labute approximate surface area is 444 Å². The smallest absolute Gasteiger partial charge is 0.198 e. The molecular formula is C68H72N6O. The highest BCUT2D eigenvalue weighted by Crippen LogP contribution is 2.47. The molecule has 0 radical (unpaired) electrons. The molecule has 0 aliphatic carbocycles. The fourth-order valence-corrected chi connectivity index (χ4v) is 10.2. The molecule has 7 heteroatoms. The summed E-state index contributed by atoms with van der Waals surface area (Å²) in [4.78, 5) is 20.9. The molecule has 10 aromatic rings. The van der Waals surface area contributed by atoms with Gasteiger partial charge in [0.15, 0.2) is 11.3 Å². The van der Waals surface area contributed by atoms with Crippen LogP contribution in [0.1, 0.15) is 132 Å². The number of benzene rings is 7. The van der Waals surface area contributed by atoms with Gasteiger partial charge in [0, 0.05) is 40.2 Å². The standard InChI is InChI=1S/C68H72N6O/c1-64(2,3)46-29-31-55(51(38-46)42-23-18-16-19-24-42)73-57-28-22-27-50(58(57)71-62(73)53-40-49(67(10,11)12)41-54(59(53)75)68(13,14)15)44-35-45(37-48(36-44)66(7,8)9)61-72-60-63(70-34-33-69-60)74(61)56-32-30-47(65(4,5)6)39-52(56)43-25-20-17-21-26-43/h16-41,75H,1-15H3. The predicted octanol–water partition coefficient (Wildman–Crippen LogP) is 17.7. The average molecular weight is 989 g/mol. The first kappa shape index (κ1) is 50.9. The van der Waals surface area contributed by atoms with Gasteiger partial charge in [-0.1, -0.05) is 201 Å². The number of fused-ring (bicyclic) bond motifs is 2. The summed E-state index contributed by atoms with van der Waals surface area (Å²) < 4.78 is 4.49. The number of hydrogen-bond donors (Lipinski definition) is 1. The second-order valence-corrected chi connectivity index (χ2v) is 25.6. The molecule has 0 saturated carbocycles. The molecule has 10 rings (SSSR count). The Morgan fingerprint density at radius 1 is 0.373 bits per heavy atom. The summed E-state index contributed by atoms with van der Waals surface area (Å²) in [6.07, 6.45) is 3.47. The highest BCUT2D eigenvalue weighted by Gasteiger charge is 2.31. The Hall–Kier alpha value is -7.64. The number of rotatable bonds is 7. The number of imidazole rings is 2. The summed E-state index contributed by atoms with van der Waals surface area (Å²) in [7, 11) is 0. The number of phenols is 1. The average Bonchev–Trinajstić information content (AvgIpc) is 3.94. The van der Waals surface area contributed by atoms with Crippen LogP contribution in [0.4, 0.5) is 0 Å². The first-order chi connectivity index (χ1) is 35.3. The van der Waals surface area contributed by atoms with E-state index in [-0.39, 0.29) is 32.8 Å². The third-order valence-electron chi connectivity index (χ3n) is 14.8. The van der Waals surface area contributed by atoms with Gasteiger partial charge in [-0.25, -0.2) is 19.9 Å². The van der Waals surface area contributed by atoms with E-state index in [0.717, 1.165) is 83.9 Å². The number of aromatic nitrogens is 6. The lowest BCUT2D eigenvalue weighted by Gasteiger charge is -2.28. The van der Waals surface area contributed by atoms with Crippen molar-refractivity contribution in [3.63, 3.8) is 0 Å². The van der Waals surface area contributed by atoms with E-state index in [1.807, 2.05) is 0 Å². The molecule has 1 N–H and O–H groups in total. The third kappa shape index (κ3) is 9.58. The summed E-state index contributed by atoms with van der Waals surface area (Å²) in [6.45, 7) is 33.6. The molecule has 0 fully saturated rings. The van der Waals surface area contributed by atoms with Crippen LogP contribution >= 0.6 is 0 Å². The van der Waals surface area contributed by atoms with Gasteiger partial charge in [0.2, 0.25) is 0 Å². The first-order valence-corrected chi connectivity index (χ1v) is 26.4. The molecule has 3 heterocycles. The highest BCUT2D eigenvalue weighted by molar-refractivity contribution is 5.98. The van der Waals surface area contributed by atoms with Crippen molar-refractivity contribution in [2.24, 2.45) is 0 Å². The van der Waals surface area contributed by atoms with Crippen LogP contribution < -0.4 is 0 Å². The van der Waals surface area contributed by atoms with E-state index >= 15 is 0 Å². The Balaban J connectivity index is 1.30. The minimum atomic E-state index is -0.354. The zero-order valence-corrected chi connectivity index (χ0v) is 46.6. The van der Waals surface area contributed by atoms with Crippen LogP contribution in [0.3, 0.4) is 0 Å². The number of para-hydroxylation sites is 1. The molecule has 0 spiro atoms. The summed E-state index contributed by atoms with van der Waals surface area (Å²) in [5, 5.41) is 12.7. The molecule has 0 bridgehead atoms. The van der Waals surface area contributed by atoms with Gasteiger partial charge in [-0.05, 0) is 115 Å². The maximum atomic E-state index is 12.7. The van der Waals surface area contributed by atoms with Crippen LogP contribution in [0.25, 0.3) is 89.9 Å². The van der Waals surface area contributed by atoms with Crippen LogP contribution in [0.5, 0.6) is 5.75 Å². The van der Waals surface area contributed by atoms with Crippen LogP contribution in [-0.2, 0) is 27.1 Å². The molecule has 7 nitrogen and oxygen atoms in total. The molecule has 0 aliphatic heterocycles. The normalized spacial score (nSPS) is 12.8. The zero-order chi connectivity index (χ0) is 53.6. The Morgan fingerprint density at radius 3 is 1.43 bits per heavy atom. The lowest BCUT2D eigenvalue weighted by molar-refractivity contribution is 0.446. The second kappa shape index (κ2) is 18.3. The Morgan fingerprint density at radius 2 is 0.880 bits per heavy atom. The van der Waals surface area contributed by atoms with Crippen LogP contribution in [0.15, 0.2) is 158 Å². The van der Waals surface area contributed by atoms with Crippen molar-refractivity contribution < 1.29 is 5.11 Å².